The van der Waals surface area contributed by atoms with Gasteiger partial charge in [-0.2, -0.15) is 0 Å². The van der Waals surface area contributed by atoms with E-state index in [1.807, 2.05) is 26.0 Å². The van der Waals surface area contributed by atoms with Crippen molar-refractivity contribution in [1.29, 1.82) is 0 Å². The third kappa shape index (κ3) is 4.23. The van der Waals surface area contributed by atoms with Gasteiger partial charge >= 0.3 is 0 Å². The van der Waals surface area contributed by atoms with Crippen molar-refractivity contribution in [3.63, 3.8) is 0 Å². The van der Waals surface area contributed by atoms with Crippen molar-refractivity contribution in [2.75, 3.05) is 23.3 Å². The van der Waals surface area contributed by atoms with Crippen molar-refractivity contribution in [3.8, 4) is 0 Å². The fraction of sp³-hybridized carbons (Fsp3) is 0.600. The van der Waals surface area contributed by atoms with Crippen LogP contribution in [0.4, 0.5) is 11.5 Å². The Balaban J connectivity index is 2.69. The summed E-state index contributed by atoms with van der Waals surface area (Å²) < 4.78 is 0. The second-order valence-electron chi connectivity index (χ2n) is 4.58. The highest BCUT2D eigenvalue weighted by Gasteiger charge is 2.14. The summed E-state index contributed by atoms with van der Waals surface area (Å²) in [6.07, 6.45) is 3.47. The van der Waals surface area contributed by atoms with Crippen molar-refractivity contribution in [2.24, 2.45) is 5.92 Å². The van der Waals surface area contributed by atoms with Crippen molar-refractivity contribution >= 4 is 17.4 Å². The largest absolute Gasteiger partial charge is 0.357 e. The van der Waals surface area contributed by atoms with Crippen LogP contribution in [-0.4, -0.2) is 24.0 Å². The fourth-order valence-corrected chi connectivity index (χ4v) is 2.10. The summed E-state index contributed by atoms with van der Waals surface area (Å²) in [6.45, 7) is 10.2. The van der Waals surface area contributed by atoms with Gasteiger partial charge < -0.3 is 10.2 Å². The SMILES string of the molecule is CCC(CC)C(=O)Nc1ccc(N(CC)CC)nc1. The number of carbonyl (C=O) groups is 1. The first-order valence-corrected chi connectivity index (χ1v) is 7.17. The molecule has 0 bridgehead atoms. The monoisotopic (exact) mass is 263 g/mol. The summed E-state index contributed by atoms with van der Waals surface area (Å²) in [5.41, 5.74) is 0.771. The third-order valence-corrected chi connectivity index (χ3v) is 3.46. The van der Waals surface area contributed by atoms with E-state index in [1.54, 1.807) is 6.20 Å². The van der Waals surface area contributed by atoms with Gasteiger partial charge in [0.1, 0.15) is 5.82 Å². The van der Waals surface area contributed by atoms with E-state index in [4.69, 9.17) is 0 Å². The number of nitrogens with one attached hydrogen (secondary N) is 1. The highest BCUT2D eigenvalue weighted by atomic mass is 16.1. The summed E-state index contributed by atoms with van der Waals surface area (Å²) >= 11 is 0. The molecule has 1 N–H and O–H groups in total. The summed E-state index contributed by atoms with van der Waals surface area (Å²) in [4.78, 5) is 18.5. The maximum atomic E-state index is 12.0. The van der Waals surface area contributed by atoms with Gasteiger partial charge in [0, 0.05) is 19.0 Å². The first-order valence-electron chi connectivity index (χ1n) is 7.17. The van der Waals surface area contributed by atoms with Crippen LogP contribution in [0.25, 0.3) is 0 Å². The molecule has 0 atom stereocenters. The molecular weight excluding hydrogens is 238 g/mol. The number of carbonyl (C=O) groups excluding carboxylic acids is 1. The van der Waals surface area contributed by atoms with E-state index in [0.717, 1.165) is 37.4 Å². The number of hydrogen-bond donors (Lipinski definition) is 1. The Hall–Kier alpha value is -1.58. The Morgan fingerprint density at radius 3 is 2.26 bits per heavy atom. The van der Waals surface area contributed by atoms with E-state index in [-0.39, 0.29) is 11.8 Å². The molecule has 106 valence electrons. The number of pyridine rings is 1. The van der Waals surface area contributed by atoms with Gasteiger partial charge in [-0.3, -0.25) is 4.79 Å². The van der Waals surface area contributed by atoms with E-state index in [0.29, 0.717) is 0 Å². The minimum absolute atomic E-state index is 0.0855. The van der Waals surface area contributed by atoms with Gasteiger partial charge in [-0.25, -0.2) is 4.98 Å². The summed E-state index contributed by atoms with van der Waals surface area (Å²) in [7, 11) is 0. The van der Waals surface area contributed by atoms with Crippen LogP contribution in [0, 0.1) is 5.92 Å². The van der Waals surface area contributed by atoms with E-state index >= 15 is 0 Å². The molecule has 0 aliphatic carbocycles. The highest BCUT2D eigenvalue weighted by molar-refractivity contribution is 5.92. The summed E-state index contributed by atoms with van der Waals surface area (Å²) in [5, 5.41) is 2.93. The molecule has 1 aromatic heterocycles. The average molecular weight is 263 g/mol. The van der Waals surface area contributed by atoms with E-state index in [2.05, 4.69) is 29.0 Å². The van der Waals surface area contributed by atoms with Crippen molar-refractivity contribution in [1.82, 2.24) is 4.98 Å². The molecule has 1 heterocycles. The lowest BCUT2D eigenvalue weighted by molar-refractivity contribution is -0.120. The van der Waals surface area contributed by atoms with Gasteiger partial charge in [-0.15, -0.1) is 0 Å². The molecule has 1 rings (SSSR count). The minimum atomic E-state index is 0.0855. The Morgan fingerprint density at radius 1 is 1.21 bits per heavy atom. The smallest absolute Gasteiger partial charge is 0.227 e. The molecule has 0 radical (unpaired) electrons. The number of hydrogen-bond acceptors (Lipinski definition) is 3. The lowest BCUT2D eigenvalue weighted by Gasteiger charge is -2.20. The zero-order valence-corrected chi connectivity index (χ0v) is 12.4. The van der Waals surface area contributed by atoms with E-state index in [1.165, 1.54) is 0 Å². The molecule has 0 aliphatic rings. The van der Waals surface area contributed by atoms with Crippen molar-refractivity contribution in [2.45, 2.75) is 40.5 Å². The zero-order chi connectivity index (χ0) is 14.3. The molecule has 0 saturated heterocycles. The molecule has 19 heavy (non-hydrogen) atoms. The molecule has 0 unspecified atom stereocenters. The molecule has 1 amide bonds. The number of anilines is 2. The van der Waals surface area contributed by atoms with Crippen LogP contribution in [0.5, 0.6) is 0 Å². The highest BCUT2D eigenvalue weighted by Crippen LogP contribution is 2.16. The van der Waals surface area contributed by atoms with Crippen LogP contribution in [0.2, 0.25) is 0 Å². The molecule has 4 nitrogen and oxygen atoms in total. The Kier molecular flexibility index (Phi) is 6.33. The molecular formula is C15H25N3O. The van der Waals surface area contributed by atoms with Crippen molar-refractivity contribution in [3.05, 3.63) is 18.3 Å². The van der Waals surface area contributed by atoms with Gasteiger partial charge in [-0.05, 0) is 38.8 Å². The van der Waals surface area contributed by atoms with Crippen LogP contribution >= 0.6 is 0 Å². The first kappa shape index (κ1) is 15.5. The maximum Gasteiger partial charge on any atom is 0.227 e. The Morgan fingerprint density at radius 2 is 1.84 bits per heavy atom. The maximum absolute atomic E-state index is 12.0. The van der Waals surface area contributed by atoms with Crippen LogP contribution in [0.3, 0.4) is 0 Å². The molecule has 0 fully saturated rings. The number of nitrogens with zero attached hydrogens (tertiary/aromatic N) is 2. The first-order chi connectivity index (χ1) is 9.15. The van der Waals surface area contributed by atoms with Gasteiger partial charge in [0.2, 0.25) is 5.91 Å². The van der Waals surface area contributed by atoms with Gasteiger partial charge in [0.05, 0.1) is 11.9 Å². The molecule has 1 aromatic rings. The lowest BCUT2D eigenvalue weighted by Crippen LogP contribution is -2.23. The predicted molar refractivity (Wildman–Crippen MR) is 80.5 cm³/mol. The number of rotatable bonds is 7. The van der Waals surface area contributed by atoms with E-state index < -0.39 is 0 Å². The average Bonchev–Trinajstić information content (AvgIpc) is 2.43. The van der Waals surface area contributed by atoms with Crippen LogP contribution in [-0.2, 0) is 4.79 Å². The second-order valence-corrected chi connectivity index (χ2v) is 4.58. The van der Waals surface area contributed by atoms with Crippen molar-refractivity contribution < 1.29 is 4.79 Å². The minimum Gasteiger partial charge on any atom is -0.357 e. The van der Waals surface area contributed by atoms with Gasteiger partial charge in [0.25, 0.3) is 0 Å². The normalized spacial score (nSPS) is 10.6. The zero-order valence-electron chi connectivity index (χ0n) is 12.4. The molecule has 4 heteroatoms. The third-order valence-electron chi connectivity index (χ3n) is 3.46. The van der Waals surface area contributed by atoms with Crippen LogP contribution < -0.4 is 10.2 Å². The van der Waals surface area contributed by atoms with Gasteiger partial charge in [-0.1, -0.05) is 13.8 Å². The molecule has 0 saturated carbocycles. The molecule has 0 spiro atoms. The molecule has 0 aliphatic heterocycles. The lowest BCUT2D eigenvalue weighted by atomic mass is 10.0. The standard InChI is InChI=1S/C15H25N3O/c1-5-12(6-2)15(19)17-13-9-10-14(16-11-13)18(7-3)8-4/h9-12H,5-8H2,1-4H3,(H,17,19). The van der Waals surface area contributed by atoms with Gasteiger partial charge in [0.15, 0.2) is 0 Å². The second kappa shape index (κ2) is 7.77. The number of aromatic nitrogens is 1. The Bertz CT molecular complexity index is 381. The molecule has 0 aromatic carbocycles. The fourth-order valence-electron chi connectivity index (χ4n) is 2.10. The topological polar surface area (TPSA) is 45.2 Å². The predicted octanol–water partition coefficient (Wildman–Crippen LogP) is 3.30. The summed E-state index contributed by atoms with van der Waals surface area (Å²) in [5.74, 6) is 1.12. The number of amides is 1. The van der Waals surface area contributed by atoms with Crippen LogP contribution in [0.1, 0.15) is 40.5 Å². The Labute approximate surface area is 116 Å². The summed E-state index contributed by atoms with van der Waals surface area (Å²) in [6, 6.07) is 3.87. The quantitative estimate of drug-likeness (QED) is 0.821. The van der Waals surface area contributed by atoms with E-state index in [9.17, 15) is 4.79 Å². The van der Waals surface area contributed by atoms with Crippen LogP contribution in [0.15, 0.2) is 18.3 Å².